The van der Waals surface area contributed by atoms with Crippen molar-refractivity contribution in [3.8, 4) is 0 Å². The molecule has 1 aromatic heterocycles. The van der Waals surface area contributed by atoms with Gasteiger partial charge in [-0.2, -0.15) is 0 Å². The molecule has 0 spiro atoms. The molecule has 1 aliphatic carbocycles. The van der Waals surface area contributed by atoms with E-state index in [9.17, 15) is 9.59 Å². The van der Waals surface area contributed by atoms with E-state index in [2.05, 4.69) is 10.5 Å². The van der Waals surface area contributed by atoms with E-state index in [1.807, 2.05) is 13.8 Å². The van der Waals surface area contributed by atoms with Crippen molar-refractivity contribution < 1.29 is 19.2 Å². The molecule has 1 saturated carbocycles. The van der Waals surface area contributed by atoms with Crippen molar-refractivity contribution in [3.05, 3.63) is 17.5 Å². The second kappa shape index (κ2) is 5.62. The van der Waals surface area contributed by atoms with Gasteiger partial charge in [-0.25, -0.2) is 4.79 Å². The third-order valence-electron chi connectivity index (χ3n) is 4.60. The zero-order valence-corrected chi connectivity index (χ0v) is 12.8. The number of likely N-dealkylation sites (tertiary alicyclic amines) is 1. The van der Waals surface area contributed by atoms with Crippen LogP contribution in [0.3, 0.4) is 0 Å². The second-order valence-corrected chi connectivity index (χ2v) is 6.47. The van der Waals surface area contributed by atoms with Gasteiger partial charge in [0.2, 0.25) is 0 Å². The summed E-state index contributed by atoms with van der Waals surface area (Å²) in [6, 6.07) is 1.55. The third kappa shape index (κ3) is 2.93. The minimum atomic E-state index is -0.908. The van der Waals surface area contributed by atoms with Gasteiger partial charge in [0.25, 0.3) is 5.91 Å². The van der Waals surface area contributed by atoms with E-state index >= 15 is 0 Å². The lowest BCUT2D eigenvalue weighted by Crippen LogP contribution is -2.54. The van der Waals surface area contributed by atoms with E-state index in [1.54, 1.807) is 6.07 Å². The molecule has 0 aromatic carbocycles. The van der Waals surface area contributed by atoms with Gasteiger partial charge in [0.05, 0.1) is 0 Å². The van der Waals surface area contributed by atoms with Crippen LogP contribution in [0.1, 0.15) is 55.3 Å². The highest BCUT2D eigenvalue weighted by Crippen LogP contribution is 2.40. The summed E-state index contributed by atoms with van der Waals surface area (Å²) in [4.78, 5) is 24.8. The number of aromatic nitrogens is 1. The monoisotopic (exact) mass is 307 g/mol. The Hall–Kier alpha value is -2.05. The minimum absolute atomic E-state index is 0.0563. The molecule has 120 valence electrons. The summed E-state index contributed by atoms with van der Waals surface area (Å²) in [5, 5.41) is 16.0. The standard InChI is InChI=1S/C15H21N3O4/c1-8-7-18(15(20)21)9(2)5-11(8)16-14(19)12-6-13(22-17-12)10-3-4-10/h6,8-11H,3-5,7H2,1-2H3,(H,16,19)(H,20,21). The fourth-order valence-corrected chi connectivity index (χ4v) is 3.01. The number of carbonyl (C=O) groups is 2. The maximum absolute atomic E-state index is 12.3. The van der Waals surface area contributed by atoms with Crippen LogP contribution < -0.4 is 5.32 Å². The van der Waals surface area contributed by atoms with E-state index in [4.69, 9.17) is 9.63 Å². The predicted molar refractivity (Wildman–Crippen MR) is 77.7 cm³/mol. The van der Waals surface area contributed by atoms with Crippen molar-refractivity contribution in [2.45, 2.75) is 51.1 Å². The molecular weight excluding hydrogens is 286 g/mol. The normalized spacial score (nSPS) is 28.5. The van der Waals surface area contributed by atoms with Crippen molar-refractivity contribution in [2.24, 2.45) is 5.92 Å². The molecule has 22 heavy (non-hydrogen) atoms. The van der Waals surface area contributed by atoms with Crippen molar-refractivity contribution in [3.63, 3.8) is 0 Å². The number of hydrogen-bond acceptors (Lipinski definition) is 4. The molecule has 7 nitrogen and oxygen atoms in total. The number of amides is 2. The maximum Gasteiger partial charge on any atom is 0.407 e. The molecule has 1 aromatic rings. The molecule has 3 unspecified atom stereocenters. The van der Waals surface area contributed by atoms with E-state index < -0.39 is 6.09 Å². The van der Waals surface area contributed by atoms with Crippen molar-refractivity contribution >= 4 is 12.0 Å². The van der Waals surface area contributed by atoms with Crippen molar-refractivity contribution in [2.75, 3.05) is 6.54 Å². The highest BCUT2D eigenvalue weighted by Gasteiger charge is 2.35. The van der Waals surface area contributed by atoms with Gasteiger partial charge in [-0.15, -0.1) is 0 Å². The Morgan fingerprint density at radius 1 is 1.41 bits per heavy atom. The van der Waals surface area contributed by atoms with E-state index in [0.717, 1.165) is 18.6 Å². The highest BCUT2D eigenvalue weighted by molar-refractivity contribution is 5.92. The first kappa shape index (κ1) is 14.9. The summed E-state index contributed by atoms with van der Waals surface area (Å²) in [6.07, 6.45) is 1.89. The quantitative estimate of drug-likeness (QED) is 0.891. The summed E-state index contributed by atoms with van der Waals surface area (Å²) in [7, 11) is 0. The third-order valence-corrected chi connectivity index (χ3v) is 4.60. The van der Waals surface area contributed by atoms with E-state index in [0.29, 0.717) is 24.6 Å². The van der Waals surface area contributed by atoms with Crippen LogP contribution >= 0.6 is 0 Å². The number of nitrogens with one attached hydrogen (secondary N) is 1. The molecule has 2 heterocycles. The van der Waals surface area contributed by atoms with Crippen LogP contribution in [0.25, 0.3) is 0 Å². The summed E-state index contributed by atoms with van der Waals surface area (Å²) in [5.41, 5.74) is 0.308. The molecule has 1 aliphatic heterocycles. The van der Waals surface area contributed by atoms with Gasteiger partial charge in [0.15, 0.2) is 5.69 Å². The Balaban J connectivity index is 1.62. The van der Waals surface area contributed by atoms with Crippen LogP contribution in [0.2, 0.25) is 0 Å². The van der Waals surface area contributed by atoms with Gasteiger partial charge in [0, 0.05) is 30.6 Å². The second-order valence-electron chi connectivity index (χ2n) is 6.47. The van der Waals surface area contributed by atoms with Crippen LogP contribution in [-0.2, 0) is 0 Å². The van der Waals surface area contributed by atoms with Gasteiger partial charge in [-0.3, -0.25) is 4.79 Å². The van der Waals surface area contributed by atoms with Crippen LogP contribution in [0, 0.1) is 5.92 Å². The Morgan fingerprint density at radius 3 is 2.77 bits per heavy atom. The van der Waals surface area contributed by atoms with E-state index in [-0.39, 0.29) is 23.9 Å². The lowest BCUT2D eigenvalue weighted by atomic mass is 9.89. The van der Waals surface area contributed by atoms with Gasteiger partial charge in [-0.1, -0.05) is 12.1 Å². The molecular formula is C15H21N3O4. The van der Waals surface area contributed by atoms with Crippen LogP contribution in [0.4, 0.5) is 4.79 Å². The summed E-state index contributed by atoms with van der Waals surface area (Å²) in [6.45, 7) is 4.24. The fraction of sp³-hybridized carbons (Fsp3) is 0.667. The Bertz CT molecular complexity index is 581. The van der Waals surface area contributed by atoms with Gasteiger partial charge in [0.1, 0.15) is 5.76 Å². The topological polar surface area (TPSA) is 95.7 Å². The number of piperidine rings is 1. The fourth-order valence-electron chi connectivity index (χ4n) is 3.01. The number of rotatable bonds is 3. The van der Waals surface area contributed by atoms with Crippen LogP contribution in [0.15, 0.2) is 10.6 Å². The molecule has 7 heteroatoms. The number of nitrogens with zero attached hydrogens (tertiary/aromatic N) is 2. The molecule has 2 aliphatic rings. The molecule has 3 rings (SSSR count). The lowest BCUT2D eigenvalue weighted by molar-refractivity contribution is 0.0718. The zero-order chi connectivity index (χ0) is 15.9. The largest absolute Gasteiger partial charge is 0.465 e. The maximum atomic E-state index is 12.3. The first-order valence-corrected chi connectivity index (χ1v) is 7.72. The first-order valence-electron chi connectivity index (χ1n) is 7.72. The molecule has 3 atom stereocenters. The molecule has 0 bridgehead atoms. The average molecular weight is 307 g/mol. The zero-order valence-electron chi connectivity index (χ0n) is 12.8. The van der Waals surface area contributed by atoms with Gasteiger partial charge < -0.3 is 19.8 Å². The molecule has 2 N–H and O–H groups in total. The average Bonchev–Trinajstić information content (AvgIpc) is 3.19. The van der Waals surface area contributed by atoms with Crippen molar-refractivity contribution in [1.82, 2.24) is 15.4 Å². The molecule has 2 amide bonds. The Kier molecular flexibility index (Phi) is 3.80. The summed E-state index contributed by atoms with van der Waals surface area (Å²) in [5.74, 6) is 1.02. The SMILES string of the molecule is CC1CN(C(=O)O)C(C)CC1NC(=O)c1cc(C2CC2)on1. The van der Waals surface area contributed by atoms with Gasteiger partial charge >= 0.3 is 6.09 Å². The molecule has 1 saturated heterocycles. The highest BCUT2D eigenvalue weighted by atomic mass is 16.5. The lowest BCUT2D eigenvalue weighted by Gasteiger charge is -2.40. The minimum Gasteiger partial charge on any atom is -0.465 e. The van der Waals surface area contributed by atoms with Gasteiger partial charge in [-0.05, 0) is 32.1 Å². The van der Waals surface area contributed by atoms with Crippen molar-refractivity contribution in [1.29, 1.82) is 0 Å². The number of carbonyl (C=O) groups excluding carboxylic acids is 1. The van der Waals surface area contributed by atoms with E-state index in [1.165, 1.54) is 4.90 Å². The predicted octanol–water partition coefficient (Wildman–Crippen LogP) is 2.06. The Morgan fingerprint density at radius 2 is 2.14 bits per heavy atom. The first-order chi connectivity index (χ1) is 10.5. The van der Waals surface area contributed by atoms with Crippen LogP contribution in [-0.4, -0.2) is 45.8 Å². The smallest absolute Gasteiger partial charge is 0.407 e. The molecule has 2 fully saturated rings. The summed E-state index contributed by atoms with van der Waals surface area (Å²) >= 11 is 0. The Labute approximate surface area is 128 Å². The molecule has 0 radical (unpaired) electrons. The summed E-state index contributed by atoms with van der Waals surface area (Å²) < 4.78 is 5.20. The number of carboxylic acid groups (broad SMARTS) is 1. The van der Waals surface area contributed by atoms with Crippen LogP contribution in [0.5, 0.6) is 0 Å². The number of hydrogen-bond donors (Lipinski definition) is 2.